The molecule has 0 aliphatic heterocycles. The van der Waals surface area contributed by atoms with Crippen LogP contribution >= 0.6 is 0 Å². The summed E-state index contributed by atoms with van der Waals surface area (Å²) in [7, 11) is 0. The lowest BCUT2D eigenvalue weighted by molar-refractivity contribution is 0.0988. The van der Waals surface area contributed by atoms with Crippen LogP contribution in [0.2, 0.25) is 0 Å². The van der Waals surface area contributed by atoms with Gasteiger partial charge in [0.05, 0.1) is 0 Å². The van der Waals surface area contributed by atoms with Crippen molar-refractivity contribution in [3.05, 3.63) is 59.4 Å². The van der Waals surface area contributed by atoms with E-state index in [0.29, 0.717) is 13.0 Å². The second-order valence-corrected chi connectivity index (χ2v) is 4.46. The molecular formula is C16H17NO2. The molecule has 98 valence electrons. The minimum atomic E-state index is 0.148. The molecule has 0 atom stereocenters. The van der Waals surface area contributed by atoms with Gasteiger partial charge in [0.15, 0.2) is 5.78 Å². The lowest BCUT2D eigenvalue weighted by atomic mass is 10.1. The van der Waals surface area contributed by atoms with E-state index in [9.17, 15) is 4.79 Å². The van der Waals surface area contributed by atoms with E-state index in [4.69, 9.17) is 4.74 Å². The van der Waals surface area contributed by atoms with Crippen LogP contribution in [0.25, 0.3) is 0 Å². The van der Waals surface area contributed by atoms with Crippen molar-refractivity contribution in [2.45, 2.75) is 26.9 Å². The smallest absolute Gasteiger partial charge is 0.162 e. The molecule has 0 saturated heterocycles. The Morgan fingerprint density at radius 1 is 1.21 bits per heavy atom. The van der Waals surface area contributed by atoms with Crippen LogP contribution in [0, 0.1) is 6.92 Å². The van der Waals surface area contributed by atoms with Gasteiger partial charge in [-0.1, -0.05) is 6.92 Å². The fraction of sp³-hybridized carbons (Fsp3) is 0.250. The maximum Gasteiger partial charge on any atom is 0.162 e. The highest BCUT2D eigenvalue weighted by Gasteiger charge is 2.03. The summed E-state index contributed by atoms with van der Waals surface area (Å²) in [4.78, 5) is 15.6. The molecule has 1 heterocycles. The first kappa shape index (κ1) is 13.3. The first-order valence-electron chi connectivity index (χ1n) is 6.35. The van der Waals surface area contributed by atoms with Crippen LogP contribution in [0.5, 0.6) is 5.75 Å². The van der Waals surface area contributed by atoms with E-state index < -0.39 is 0 Å². The molecule has 3 nitrogen and oxygen atoms in total. The van der Waals surface area contributed by atoms with Crippen LogP contribution in [0.3, 0.4) is 0 Å². The predicted octanol–water partition coefficient (Wildman–Crippen LogP) is 3.56. The van der Waals surface area contributed by atoms with Crippen LogP contribution < -0.4 is 4.74 Å². The highest BCUT2D eigenvalue weighted by Crippen LogP contribution is 2.15. The summed E-state index contributed by atoms with van der Waals surface area (Å²) >= 11 is 0. The number of rotatable bonds is 5. The molecule has 0 fully saturated rings. The van der Waals surface area contributed by atoms with Gasteiger partial charge in [-0.05, 0) is 42.8 Å². The minimum absolute atomic E-state index is 0.148. The van der Waals surface area contributed by atoms with Gasteiger partial charge >= 0.3 is 0 Å². The van der Waals surface area contributed by atoms with Crippen molar-refractivity contribution in [3.63, 3.8) is 0 Å². The molecule has 0 radical (unpaired) electrons. The van der Waals surface area contributed by atoms with E-state index in [0.717, 1.165) is 22.4 Å². The lowest BCUT2D eigenvalue weighted by Crippen LogP contribution is -1.98. The van der Waals surface area contributed by atoms with Crippen LogP contribution in [0.15, 0.2) is 42.7 Å². The molecule has 0 saturated carbocycles. The molecule has 3 heteroatoms. The normalized spacial score (nSPS) is 10.2. The molecule has 0 aliphatic carbocycles. The van der Waals surface area contributed by atoms with Gasteiger partial charge in [0.25, 0.3) is 0 Å². The van der Waals surface area contributed by atoms with Gasteiger partial charge in [-0.25, -0.2) is 0 Å². The molecule has 0 N–H and O–H groups in total. The zero-order valence-corrected chi connectivity index (χ0v) is 11.2. The number of carbonyl (C=O) groups excluding carboxylic acids is 1. The summed E-state index contributed by atoms with van der Waals surface area (Å²) in [5, 5.41) is 0. The summed E-state index contributed by atoms with van der Waals surface area (Å²) in [6.07, 6.45) is 4.13. The van der Waals surface area contributed by atoms with Crippen molar-refractivity contribution in [2.75, 3.05) is 0 Å². The maximum absolute atomic E-state index is 11.5. The number of ketones is 1. The number of pyridine rings is 1. The minimum Gasteiger partial charge on any atom is -0.489 e. The SMILES string of the molecule is CCC(=O)c1ccc(OCc2cncc(C)c2)cc1. The van der Waals surface area contributed by atoms with E-state index in [2.05, 4.69) is 4.98 Å². The Morgan fingerprint density at radius 3 is 2.58 bits per heavy atom. The fourth-order valence-electron chi connectivity index (χ4n) is 1.80. The molecule has 2 rings (SSSR count). The average Bonchev–Trinajstić information content (AvgIpc) is 2.45. The van der Waals surface area contributed by atoms with Gasteiger partial charge < -0.3 is 4.74 Å². The van der Waals surface area contributed by atoms with E-state index in [1.807, 2.05) is 38.2 Å². The number of nitrogens with zero attached hydrogens (tertiary/aromatic N) is 1. The van der Waals surface area contributed by atoms with E-state index >= 15 is 0 Å². The first-order valence-corrected chi connectivity index (χ1v) is 6.35. The summed E-state index contributed by atoms with van der Waals surface area (Å²) in [6, 6.07) is 9.30. The van der Waals surface area contributed by atoms with E-state index in [-0.39, 0.29) is 5.78 Å². The van der Waals surface area contributed by atoms with Crippen molar-refractivity contribution in [1.82, 2.24) is 4.98 Å². The Kier molecular flexibility index (Phi) is 4.29. The zero-order chi connectivity index (χ0) is 13.7. The van der Waals surface area contributed by atoms with Crippen molar-refractivity contribution in [3.8, 4) is 5.75 Å². The summed E-state index contributed by atoms with van der Waals surface area (Å²) in [6.45, 7) is 4.34. The standard InChI is InChI=1S/C16H17NO2/c1-3-16(18)14-4-6-15(7-5-14)19-11-13-8-12(2)9-17-10-13/h4-10H,3,11H2,1-2H3. The van der Waals surface area contributed by atoms with Crippen LogP contribution in [-0.2, 0) is 6.61 Å². The fourth-order valence-corrected chi connectivity index (χ4v) is 1.80. The molecule has 2 aromatic rings. The van der Waals surface area contributed by atoms with Crippen molar-refractivity contribution >= 4 is 5.78 Å². The van der Waals surface area contributed by atoms with E-state index in [1.54, 1.807) is 18.3 Å². The number of ether oxygens (including phenoxy) is 1. The Bertz CT molecular complexity index is 561. The second kappa shape index (κ2) is 6.14. The highest BCUT2D eigenvalue weighted by atomic mass is 16.5. The lowest BCUT2D eigenvalue weighted by Gasteiger charge is -2.07. The summed E-state index contributed by atoms with van der Waals surface area (Å²) < 4.78 is 5.66. The predicted molar refractivity (Wildman–Crippen MR) is 74.4 cm³/mol. The van der Waals surface area contributed by atoms with Gasteiger partial charge in [-0.2, -0.15) is 0 Å². The molecule has 0 unspecified atom stereocenters. The zero-order valence-electron chi connectivity index (χ0n) is 11.2. The quantitative estimate of drug-likeness (QED) is 0.767. The Morgan fingerprint density at radius 2 is 1.95 bits per heavy atom. The van der Waals surface area contributed by atoms with Crippen molar-refractivity contribution < 1.29 is 9.53 Å². The number of aromatic nitrogens is 1. The third-order valence-electron chi connectivity index (χ3n) is 2.83. The number of Topliss-reactive ketones (excluding diaryl/α,β-unsaturated/α-hetero) is 1. The average molecular weight is 255 g/mol. The van der Waals surface area contributed by atoms with Gasteiger partial charge in [-0.15, -0.1) is 0 Å². The molecule has 1 aromatic heterocycles. The number of carbonyl (C=O) groups is 1. The summed E-state index contributed by atoms with van der Waals surface area (Å²) in [5.41, 5.74) is 2.88. The van der Waals surface area contributed by atoms with Crippen LogP contribution in [0.1, 0.15) is 34.8 Å². The molecule has 0 spiro atoms. The highest BCUT2D eigenvalue weighted by molar-refractivity contribution is 5.95. The Balaban J connectivity index is 1.98. The third kappa shape index (κ3) is 3.65. The molecule has 1 aromatic carbocycles. The van der Waals surface area contributed by atoms with Crippen molar-refractivity contribution in [1.29, 1.82) is 0 Å². The van der Waals surface area contributed by atoms with Crippen LogP contribution in [-0.4, -0.2) is 10.8 Å². The summed E-state index contributed by atoms with van der Waals surface area (Å²) in [5.74, 6) is 0.906. The number of hydrogen-bond donors (Lipinski definition) is 0. The first-order chi connectivity index (χ1) is 9.19. The Hall–Kier alpha value is -2.16. The molecule has 0 amide bonds. The van der Waals surface area contributed by atoms with Gasteiger partial charge in [0.2, 0.25) is 0 Å². The Labute approximate surface area is 113 Å². The molecule has 19 heavy (non-hydrogen) atoms. The van der Waals surface area contributed by atoms with Gasteiger partial charge in [0, 0.05) is 29.9 Å². The topological polar surface area (TPSA) is 39.2 Å². The molecule has 0 bridgehead atoms. The number of aryl methyl sites for hydroxylation is 1. The number of hydrogen-bond acceptors (Lipinski definition) is 3. The maximum atomic E-state index is 11.5. The van der Waals surface area contributed by atoms with Gasteiger partial charge in [-0.3, -0.25) is 9.78 Å². The van der Waals surface area contributed by atoms with Crippen molar-refractivity contribution in [2.24, 2.45) is 0 Å². The second-order valence-electron chi connectivity index (χ2n) is 4.46. The van der Waals surface area contributed by atoms with Gasteiger partial charge in [0.1, 0.15) is 12.4 Å². The molecular weight excluding hydrogens is 238 g/mol. The third-order valence-corrected chi connectivity index (χ3v) is 2.83. The number of benzene rings is 1. The van der Waals surface area contributed by atoms with E-state index in [1.165, 1.54) is 0 Å². The monoisotopic (exact) mass is 255 g/mol. The van der Waals surface area contributed by atoms with Crippen LogP contribution in [0.4, 0.5) is 0 Å². The largest absolute Gasteiger partial charge is 0.489 e. The molecule has 0 aliphatic rings.